The summed E-state index contributed by atoms with van der Waals surface area (Å²) in [6.45, 7) is 0.524. The van der Waals surface area contributed by atoms with E-state index in [0.717, 1.165) is 5.69 Å². The molecule has 0 unspecified atom stereocenters. The van der Waals surface area contributed by atoms with Crippen LogP contribution in [0.4, 0.5) is 0 Å². The van der Waals surface area contributed by atoms with Crippen LogP contribution in [-0.4, -0.2) is 16.6 Å². The largest absolute Gasteiger partial charge is 0.350 e. The van der Waals surface area contributed by atoms with Gasteiger partial charge in [-0.25, -0.2) is 4.98 Å². The molecule has 3 nitrogen and oxygen atoms in total. The number of carbonyl (C=O) groups is 1. The van der Waals surface area contributed by atoms with E-state index in [1.807, 2.05) is 5.38 Å². The molecule has 0 atom stereocenters. The lowest BCUT2D eigenvalue weighted by Gasteiger charge is -1.99. The summed E-state index contributed by atoms with van der Waals surface area (Å²) in [6, 6.07) is 0. The lowest BCUT2D eigenvalue weighted by atomic mass is 10.4. The van der Waals surface area contributed by atoms with Crippen LogP contribution in [0.15, 0.2) is 10.9 Å². The van der Waals surface area contributed by atoms with Gasteiger partial charge in [-0.1, -0.05) is 0 Å². The highest BCUT2D eigenvalue weighted by Gasteiger charge is 1.99. The Morgan fingerprint density at radius 2 is 2.58 bits per heavy atom. The lowest BCUT2D eigenvalue weighted by molar-refractivity contribution is -0.120. The molecular formula is C7H10N2OS2. The molecule has 66 valence electrons. The second kappa shape index (κ2) is 5.16. The van der Waals surface area contributed by atoms with E-state index in [1.54, 1.807) is 5.51 Å². The van der Waals surface area contributed by atoms with Crippen molar-refractivity contribution in [3.63, 3.8) is 0 Å². The fraction of sp³-hybridized carbons (Fsp3) is 0.429. The van der Waals surface area contributed by atoms with Gasteiger partial charge in [-0.3, -0.25) is 4.79 Å². The molecule has 0 bridgehead atoms. The summed E-state index contributed by atoms with van der Waals surface area (Å²) in [5.74, 6) is 0.612. The molecule has 0 aliphatic carbocycles. The molecule has 0 radical (unpaired) electrons. The Morgan fingerprint density at radius 1 is 1.75 bits per heavy atom. The summed E-state index contributed by atoms with van der Waals surface area (Å²) in [5.41, 5.74) is 2.66. The summed E-state index contributed by atoms with van der Waals surface area (Å²) < 4.78 is 0. The van der Waals surface area contributed by atoms with Crippen LogP contribution >= 0.6 is 24.0 Å². The van der Waals surface area contributed by atoms with Crippen LogP contribution < -0.4 is 5.32 Å². The number of hydrogen-bond acceptors (Lipinski definition) is 4. The van der Waals surface area contributed by atoms with E-state index < -0.39 is 0 Å². The van der Waals surface area contributed by atoms with E-state index in [1.165, 1.54) is 11.3 Å². The molecule has 12 heavy (non-hydrogen) atoms. The van der Waals surface area contributed by atoms with Crippen LogP contribution in [0.1, 0.15) is 12.1 Å². The van der Waals surface area contributed by atoms with Crippen molar-refractivity contribution in [2.45, 2.75) is 13.0 Å². The van der Waals surface area contributed by atoms with Gasteiger partial charge in [0.15, 0.2) is 0 Å². The number of aromatic nitrogens is 1. The number of thiazole rings is 1. The van der Waals surface area contributed by atoms with Gasteiger partial charge < -0.3 is 5.32 Å². The highest BCUT2D eigenvalue weighted by molar-refractivity contribution is 7.80. The number of carbonyl (C=O) groups excluding carboxylic acids is 1. The van der Waals surface area contributed by atoms with Crippen molar-refractivity contribution in [3.8, 4) is 0 Å². The van der Waals surface area contributed by atoms with Crippen molar-refractivity contribution in [1.29, 1.82) is 0 Å². The van der Waals surface area contributed by atoms with Crippen LogP contribution in [0, 0.1) is 0 Å². The minimum absolute atomic E-state index is 0.0259. The Hall–Kier alpha value is -0.550. The summed E-state index contributed by atoms with van der Waals surface area (Å²) in [5, 5.41) is 4.66. The number of nitrogens with one attached hydrogen (secondary N) is 1. The molecule has 0 aliphatic heterocycles. The Morgan fingerprint density at radius 3 is 3.17 bits per heavy atom. The highest BCUT2D eigenvalue weighted by Crippen LogP contribution is 1.99. The quantitative estimate of drug-likeness (QED) is 0.717. The van der Waals surface area contributed by atoms with Crippen molar-refractivity contribution in [2.24, 2.45) is 0 Å². The van der Waals surface area contributed by atoms with E-state index in [4.69, 9.17) is 0 Å². The number of amides is 1. The fourth-order valence-corrected chi connectivity index (χ4v) is 1.47. The van der Waals surface area contributed by atoms with Crippen molar-refractivity contribution in [2.75, 3.05) is 5.75 Å². The van der Waals surface area contributed by atoms with E-state index >= 15 is 0 Å². The van der Waals surface area contributed by atoms with Gasteiger partial charge in [-0.2, -0.15) is 12.6 Å². The molecule has 0 saturated heterocycles. The van der Waals surface area contributed by atoms with E-state index in [9.17, 15) is 4.79 Å². The molecule has 1 aromatic rings. The van der Waals surface area contributed by atoms with Gasteiger partial charge in [0.1, 0.15) is 0 Å². The second-order valence-electron chi connectivity index (χ2n) is 2.23. The smallest absolute Gasteiger partial charge is 0.221 e. The molecule has 0 aromatic carbocycles. The summed E-state index contributed by atoms with van der Waals surface area (Å²) in [6.07, 6.45) is 0.466. The maximum atomic E-state index is 11.0. The van der Waals surface area contributed by atoms with Gasteiger partial charge >= 0.3 is 0 Å². The topological polar surface area (TPSA) is 42.0 Å². The molecule has 1 amide bonds. The zero-order valence-corrected chi connectivity index (χ0v) is 8.20. The first-order chi connectivity index (χ1) is 5.83. The number of rotatable bonds is 4. The van der Waals surface area contributed by atoms with Crippen molar-refractivity contribution >= 4 is 29.9 Å². The molecule has 0 saturated carbocycles. The number of nitrogens with zero attached hydrogens (tertiary/aromatic N) is 1. The van der Waals surface area contributed by atoms with E-state index in [-0.39, 0.29) is 5.91 Å². The minimum Gasteiger partial charge on any atom is -0.350 e. The van der Waals surface area contributed by atoms with Gasteiger partial charge in [0.2, 0.25) is 5.91 Å². The van der Waals surface area contributed by atoms with Crippen molar-refractivity contribution in [3.05, 3.63) is 16.6 Å². The number of hydrogen-bond donors (Lipinski definition) is 2. The average molecular weight is 202 g/mol. The Bertz CT molecular complexity index is 236. The first-order valence-corrected chi connectivity index (χ1v) is 5.15. The van der Waals surface area contributed by atoms with Gasteiger partial charge in [-0.15, -0.1) is 11.3 Å². The van der Waals surface area contributed by atoms with Crippen LogP contribution in [0.5, 0.6) is 0 Å². The normalized spacial score (nSPS) is 9.75. The number of thiol groups is 1. The molecule has 0 fully saturated rings. The zero-order chi connectivity index (χ0) is 8.81. The molecular weight excluding hydrogens is 192 g/mol. The first kappa shape index (κ1) is 9.54. The van der Waals surface area contributed by atoms with Gasteiger partial charge in [-0.05, 0) is 5.75 Å². The molecule has 5 heteroatoms. The van der Waals surface area contributed by atoms with Gasteiger partial charge in [0.25, 0.3) is 0 Å². The molecule has 1 heterocycles. The molecule has 1 rings (SSSR count). The maximum absolute atomic E-state index is 11.0. The fourth-order valence-electron chi connectivity index (χ4n) is 0.704. The molecule has 1 aromatic heterocycles. The lowest BCUT2D eigenvalue weighted by Crippen LogP contribution is -2.22. The highest BCUT2D eigenvalue weighted by atomic mass is 32.1. The minimum atomic E-state index is 0.0259. The van der Waals surface area contributed by atoms with E-state index in [2.05, 4.69) is 22.9 Å². The third-order valence-electron chi connectivity index (χ3n) is 1.29. The predicted molar refractivity (Wildman–Crippen MR) is 52.4 cm³/mol. The first-order valence-electron chi connectivity index (χ1n) is 3.57. The van der Waals surface area contributed by atoms with Gasteiger partial charge in [0.05, 0.1) is 17.7 Å². The van der Waals surface area contributed by atoms with Gasteiger partial charge in [0, 0.05) is 11.8 Å². The summed E-state index contributed by atoms with van der Waals surface area (Å²) >= 11 is 5.48. The summed E-state index contributed by atoms with van der Waals surface area (Å²) in [4.78, 5) is 15.0. The molecule has 0 spiro atoms. The SMILES string of the molecule is O=C(CCS)NCc1cscn1. The van der Waals surface area contributed by atoms with Crippen molar-refractivity contribution < 1.29 is 4.79 Å². The van der Waals surface area contributed by atoms with Crippen molar-refractivity contribution in [1.82, 2.24) is 10.3 Å². The Kier molecular flexibility index (Phi) is 4.10. The maximum Gasteiger partial charge on any atom is 0.221 e. The van der Waals surface area contributed by atoms with Crippen LogP contribution in [0.2, 0.25) is 0 Å². The van der Waals surface area contributed by atoms with Crippen LogP contribution in [0.3, 0.4) is 0 Å². The second-order valence-corrected chi connectivity index (χ2v) is 3.40. The Labute approximate surface area is 80.6 Å². The standard InChI is InChI=1S/C7H10N2OS2/c10-7(1-2-11)8-3-6-4-12-5-9-6/h4-5,11H,1-3H2,(H,8,10). The molecule has 1 N–H and O–H groups in total. The van der Waals surface area contributed by atoms with Crippen LogP contribution in [0.25, 0.3) is 0 Å². The van der Waals surface area contributed by atoms with E-state index in [0.29, 0.717) is 18.7 Å². The zero-order valence-electron chi connectivity index (χ0n) is 6.49. The Balaban J connectivity index is 2.22. The average Bonchev–Trinajstić information content (AvgIpc) is 2.53. The third-order valence-corrected chi connectivity index (χ3v) is 2.15. The third kappa shape index (κ3) is 3.23. The predicted octanol–water partition coefficient (Wildman–Crippen LogP) is 1.08. The summed E-state index contributed by atoms with van der Waals surface area (Å²) in [7, 11) is 0. The van der Waals surface area contributed by atoms with Crippen LogP contribution in [-0.2, 0) is 11.3 Å². The molecule has 0 aliphatic rings. The monoisotopic (exact) mass is 202 g/mol.